The second-order valence-electron chi connectivity index (χ2n) is 5.57. The molecule has 8 heteroatoms. The van der Waals surface area contributed by atoms with Gasteiger partial charge in [0, 0.05) is 18.7 Å². The molecular formula is C16H23N3O4S. The van der Waals surface area contributed by atoms with E-state index in [0.717, 1.165) is 5.56 Å². The van der Waals surface area contributed by atoms with Crippen molar-refractivity contribution in [2.75, 3.05) is 26.0 Å². The Hall–Kier alpha value is -1.93. The molecule has 1 fully saturated rings. The van der Waals surface area contributed by atoms with Gasteiger partial charge in [-0.15, -0.1) is 0 Å². The largest absolute Gasteiger partial charge is 0.496 e. The number of nitrogens with zero attached hydrogens (tertiary/aromatic N) is 2. The van der Waals surface area contributed by atoms with Crippen LogP contribution in [0.15, 0.2) is 29.4 Å². The lowest BCUT2D eigenvalue weighted by Gasteiger charge is -2.30. The van der Waals surface area contributed by atoms with E-state index in [9.17, 15) is 13.2 Å². The van der Waals surface area contributed by atoms with E-state index in [1.807, 2.05) is 18.2 Å². The first-order valence-electron chi connectivity index (χ1n) is 7.91. The van der Waals surface area contributed by atoms with Crippen LogP contribution < -0.4 is 10.2 Å². The van der Waals surface area contributed by atoms with E-state index in [-0.39, 0.29) is 24.1 Å². The van der Waals surface area contributed by atoms with Crippen molar-refractivity contribution in [3.05, 3.63) is 29.8 Å². The van der Waals surface area contributed by atoms with Crippen molar-refractivity contribution in [3.8, 4) is 5.75 Å². The Labute approximate surface area is 142 Å². The monoisotopic (exact) mass is 353 g/mol. The van der Waals surface area contributed by atoms with Gasteiger partial charge in [-0.3, -0.25) is 4.79 Å². The molecule has 0 aliphatic carbocycles. The summed E-state index contributed by atoms with van der Waals surface area (Å²) >= 11 is 0. The minimum Gasteiger partial charge on any atom is -0.496 e. The van der Waals surface area contributed by atoms with E-state index >= 15 is 0 Å². The molecule has 1 heterocycles. The molecule has 1 aromatic carbocycles. The summed E-state index contributed by atoms with van der Waals surface area (Å²) in [7, 11) is -1.70. The normalized spacial score (nSPS) is 19.3. The fourth-order valence-corrected chi connectivity index (χ4v) is 3.80. The number of amides is 1. The Balaban J connectivity index is 1.96. The van der Waals surface area contributed by atoms with Crippen LogP contribution >= 0.6 is 0 Å². The Kier molecular flexibility index (Phi) is 6.33. The summed E-state index contributed by atoms with van der Waals surface area (Å²) in [6, 6.07) is 7.32. The molecule has 0 radical (unpaired) electrons. The molecule has 7 nitrogen and oxygen atoms in total. The number of sulfonamides is 1. The van der Waals surface area contributed by atoms with Crippen LogP contribution in [-0.2, 0) is 14.8 Å². The highest BCUT2D eigenvalue weighted by atomic mass is 32.2. The van der Waals surface area contributed by atoms with Gasteiger partial charge in [0.15, 0.2) is 0 Å². The minimum absolute atomic E-state index is 0.0489. The maximum atomic E-state index is 12.2. The van der Waals surface area contributed by atoms with E-state index in [4.69, 9.17) is 4.74 Å². The number of carbonyl (C=O) groups is 1. The Bertz CT molecular complexity index is 703. The second kappa shape index (κ2) is 8.25. The highest BCUT2D eigenvalue weighted by Crippen LogP contribution is 2.20. The van der Waals surface area contributed by atoms with Crippen LogP contribution in [0.1, 0.15) is 25.3 Å². The molecule has 0 aromatic heterocycles. The summed E-state index contributed by atoms with van der Waals surface area (Å²) in [6.45, 7) is 2.30. The van der Waals surface area contributed by atoms with Gasteiger partial charge in [0.2, 0.25) is 15.9 Å². The van der Waals surface area contributed by atoms with Crippen molar-refractivity contribution in [3.63, 3.8) is 0 Å². The van der Waals surface area contributed by atoms with Gasteiger partial charge in [0.1, 0.15) is 5.75 Å². The first kappa shape index (κ1) is 18.4. The first-order valence-corrected chi connectivity index (χ1v) is 9.52. The molecule has 1 amide bonds. The number of hydrogen-bond acceptors (Lipinski definition) is 5. The fourth-order valence-electron chi connectivity index (χ4n) is 2.62. The summed E-state index contributed by atoms with van der Waals surface area (Å²) in [6.07, 6.45) is 2.85. The van der Waals surface area contributed by atoms with Crippen molar-refractivity contribution >= 4 is 22.1 Å². The smallest absolute Gasteiger partial charge is 0.244 e. The van der Waals surface area contributed by atoms with E-state index in [1.165, 1.54) is 10.5 Å². The predicted molar refractivity (Wildman–Crippen MR) is 92.5 cm³/mol. The number of methoxy groups -OCH3 is 1. The number of rotatable bonds is 6. The molecule has 1 N–H and O–H groups in total. The molecule has 2 rings (SSSR count). The standard InChI is InChI=1S/C16H23N3O4S/c1-3-24(21,22)19-10-6-8-14(12-19)16(20)18-17-11-13-7-4-5-9-15(13)23-2/h4-5,7,9,11,14H,3,6,8,10,12H2,1-2H3,(H,18,20)/b17-11+. The highest BCUT2D eigenvalue weighted by molar-refractivity contribution is 7.89. The number of benzene rings is 1. The molecular weight excluding hydrogens is 330 g/mol. The second-order valence-corrected chi connectivity index (χ2v) is 7.83. The minimum atomic E-state index is -3.26. The number of carbonyl (C=O) groups excluding carboxylic acids is 1. The quantitative estimate of drug-likeness (QED) is 0.615. The molecule has 1 unspecified atom stereocenters. The van der Waals surface area contributed by atoms with Gasteiger partial charge in [-0.1, -0.05) is 12.1 Å². The van der Waals surface area contributed by atoms with Gasteiger partial charge in [-0.25, -0.2) is 18.1 Å². The zero-order chi connectivity index (χ0) is 17.6. The third-order valence-corrected chi connectivity index (χ3v) is 5.88. The molecule has 1 aliphatic rings. The summed E-state index contributed by atoms with van der Waals surface area (Å²) in [5, 5.41) is 3.96. The summed E-state index contributed by atoms with van der Waals surface area (Å²) < 4.78 is 30.5. The third kappa shape index (κ3) is 4.55. The molecule has 0 spiro atoms. The zero-order valence-corrected chi connectivity index (χ0v) is 14.8. The molecule has 1 aliphatic heterocycles. The number of para-hydroxylation sites is 1. The Morgan fingerprint density at radius 2 is 2.21 bits per heavy atom. The van der Waals surface area contributed by atoms with Crippen LogP contribution in [0.2, 0.25) is 0 Å². The van der Waals surface area contributed by atoms with Crippen LogP contribution in [0.5, 0.6) is 5.75 Å². The summed E-state index contributed by atoms with van der Waals surface area (Å²) in [4.78, 5) is 12.2. The summed E-state index contributed by atoms with van der Waals surface area (Å²) in [5.74, 6) is 0.0632. The fraction of sp³-hybridized carbons (Fsp3) is 0.500. The zero-order valence-electron chi connectivity index (χ0n) is 13.9. The number of piperidine rings is 1. The maximum absolute atomic E-state index is 12.2. The van der Waals surface area contributed by atoms with Crippen LogP contribution in [0.25, 0.3) is 0 Å². The van der Waals surface area contributed by atoms with Gasteiger partial charge in [-0.05, 0) is 31.9 Å². The van der Waals surface area contributed by atoms with Gasteiger partial charge in [-0.2, -0.15) is 5.10 Å². The van der Waals surface area contributed by atoms with Crippen molar-refractivity contribution < 1.29 is 17.9 Å². The third-order valence-electron chi connectivity index (χ3n) is 4.03. The average Bonchev–Trinajstić information content (AvgIpc) is 2.62. The predicted octanol–water partition coefficient (Wildman–Crippen LogP) is 1.21. The van der Waals surface area contributed by atoms with E-state index in [0.29, 0.717) is 25.1 Å². The van der Waals surface area contributed by atoms with E-state index < -0.39 is 10.0 Å². The number of hydrazone groups is 1. The Morgan fingerprint density at radius 3 is 2.92 bits per heavy atom. The van der Waals surface area contributed by atoms with Gasteiger partial charge in [0.25, 0.3) is 0 Å². The lowest BCUT2D eigenvalue weighted by atomic mass is 9.99. The lowest BCUT2D eigenvalue weighted by Crippen LogP contribution is -2.45. The average molecular weight is 353 g/mol. The molecule has 0 bridgehead atoms. The highest BCUT2D eigenvalue weighted by Gasteiger charge is 2.31. The maximum Gasteiger partial charge on any atom is 0.244 e. The van der Waals surface area contributed by atoms with Crippen LogP contribution in [0.4, 0.5) is 0 Å². The van der Waals surface area contributed by atoms with Crippen LogP contribution in [0, 0.1) is 5.92 Å². The number of nitrogens with one attached hydrogen (secondary N) is 1. The van der Waals surface area contributed by atoms with E-state index in [1.54, 1.807) is 20.1 Å². The van der Waals surface area contributed by atoms with Crippen molar-refractivity contribution in [2.24, 2.45) is 11.0 Å². The molecule has 0 saturated carbocycles. The topological polar surface area (TPSA) is 88.1 Å². The van der Waals surface area contributed by atoms with E-state index in [2.05, 4.69) is 10.5 Å². The van der Waals surface area contributed by atoms with Crippen LogP contribution in [-0.4, -0.2) is 50.8 Å². The first-order chi connectivity index (χ1) is 11.5. The summed E-state index contributed by atoms with van der Waals surface area (Å²) in [5.41, 5.74) is 3.24. The lowest BCUT2D eigenvalue weighted by molar-refractivity contribution is -0.126. The van der Waals surface area contributed by atoms with Crippen molar-refractivity contribution in [1.29, 1.82) is 0 Å². The van der Waals surface area contributed by atoms with Gasteiger partial charge in [0.05, 0.1) is 25.0 Å². The Morgan fingerprint density at radius 1 is 1.46 bits per heavy atom. The molecule has 1 atom stereocenters. The van der Waals surface area contributed by atoms with Gasteiger partial charge >= 0.3 is 0 Å². The molecule has 1 saturated heterocycles. The van der Waals surface area contributed by atoms with Crippen molar-refractivity contribution in [1.82, 2.24) is 9.73 Å². The number of hydrogen-bond donors (Lipinski definition) is 1. The van der Waals surface area contributed by atoms with Crippen LogP contribution in [0.3, 0.4) is 0 Å². The molecule has 24 heavy (non-hydrogen) atoms. The molecule has 1 aromatic rings. The SMILES string of the molecule is CCS(=O)(=O)N1CCCC(C(=O)N/N=C/c2ccccc2OC)C1. The van der Waals surface area contributed by atoms with Gasteiger partial charge < -0.3 is 4.74 Å². The molecule has 132 valence electrons. The number of ether oxygens (including phenoxy) is 1. The van der Waals surface area contributed by atoms with Crippen molar-refractivity contribution in [2.45, 2.75) is 19.8 Å².